The maximum Gasteiger partial charge on any atom is 0.257 e. The van der Waals surface area contributed by atoms with Gasteiger partial charge >= 0.3 is 0 Å². The summed E-state index contributed by atoms with van der Waals surface area (Å²) in [5, 5.41) is 6.62. The number of benzene rings is 2. The lowest BCUT2D eigenvalue weighted by molar-refractivity contribution is -0.127. The molecular weight excluding hydrogens is 404 g/mol. The van der Waals surface area contributed by atoms with E-state index in [0.29, 0.717) is 11.8 Å². The van der Waals surface area contributed by atoms with Crippen LogP contribution >= 0.6 is 11.8 Å². The Kier molecular flexibility index (Phi) is 7.13. The number of amides is 2. The van der Waals surface area contributed by atoms with Crippen molar-refractivity contribution in [3.63, 3.8) is 0 Å². The normalized spacial score (nSPS) is 24.4. The van der Waals surface area contributed by atoms with E-state index in [-0.39, 0.29) is 23.8 Å². The molecule has 3 atom stereocenters. The minimum absolute atomic E-state index is 0.0125. The van der Waals surface area contributed by atoms with Gasteiger partial charge in [-0.2, -0.15) is 0 Å². The lowest BCUT2D eigenvalue weighted by Crippen LogP contribution is -2.51. The molecule has 2 fully saturated rings. The van der Waals surface area contributed by atoms with Gasteiger partial charge in [-0.25, -0.2) is 0 Å². The van der Waals surface area contributed by atoms with E-state index >= 15 is 0 Å². The molecule has 5 heteroatoms. The zero-order chi connectivity index (χ0) is 21.6. The summed E-state index contributed by atoms with van der Waals surface area (Å²) in [5.74, 6) is 0.101. The van der Waals surface area contributed by atoms with Crippen molar-refractivity contribution < 1.29 is 9.59 Å². The van der Waals surface area contributed by atoms with Crippen molar-refractivity contribution in [3.8, 4) is 0 Å². The van der Waals surface area contributed by atoms with E-state index in [1.54, 1.807) is 11.8 Å². The van der Waals surface area contributed by atoms with Gasteiger partial charge in [-0.05, 0) is 56.2 Å². The topological polar surface area (TPSA) is 58.2 Å². The molecule has 162 valence electrons. The highest BCUT2D eigenvalue weighted by Gasteiger charge is 2.39. The van der Waals surface area contributed by atoms with E-state index in [2.05, 4.69) is 41.8 Å². The Hall–Kier alpha value is -2.53. The second-order valence-electron chi connectivity index (χ2n) is 8.55. The number of fused-ring (bicyclic) bond motifs is 1. The molecule has 2 amide bonds. The Labute approximate surface area is 188 Å². The second kappa shape index (κ2) is 10.2. The van der Waals surface area contributed by atoms with Crippen molar-refractivity contribution in [2.45, 2.75) is 50.3 Å². The van der Waals surface area contributed by atoms with E-state index in [4.69, 9.17) is 0 Å². The molecule has 2 aromatic rings. The van der Waals surface area contributed by atoms with Crippen molar-refractivity contribution in [2.75, 3.05) is 6.54 Å². The molecule has 4 nitrogen and oxygen atoms in total. The monoisotopic (exact) mass is 434 g/mol. The number of hydrogen-bond acceptors (Lipinski definition) is 3. The van der Waals surface area contributed by atoms with Gasteiger partial charge < -0.3 is 10.6 Å². The maximum absolute atomic E-state index is 12.7. The van der Waals surface area contributed by atoms with Crippen LogP contribution in [0.2, 0.25) is 0 Å². The first-order valence-corrected chi connectivity index (χ1v) is 12.0. The molecule has 0 radical (unpaired) electrons. The third-order valence-corrected chi connectivity index (χ3v) is 7.56. The quantitative estimate of drug-likeness (QED) is 0.520. The van der Waals surface area contributed by atoms with Gasteiger partial charge in [-0.1, -0.05) is 60.2 Å². The second-order valence-corrected chi connectivity index (χ2v) is 9.83. The minimum atomic E-state index is -0.0178. The van der Waals surface area contributed by atoms with Crippen LogP contribution in [0.3, 0.4) is 0 Å². The smallest absolute Gasteiger partial charge is 0.257 e. The number of rotatable bonds is 6. The van der Waals surface area contributed by atoms with Crippen molar-refractivity contribution in [1.82, 2.24) is 10.6 Å². The number of nitrogens with one attached hydrogen (secondary N) is 2. The van der Waals surface area contributed by atoms with Gasteiger partial charge in [-0.3, -0.25) is 9.59 Å². The highest BCUT2D eigenvalue weighted by Crippen LogP contribution is 2.39. The largest absolute Gasteiger partial charge is 0.356 e. The summed E-state index contributed by atoms with van der Waals surface area (Å²) >= 11 is 1.67. The average molecular weight is 435 g/mol. The lowest BCUT2D eigenvalue weighted by Gasteiger charge is -2.39. The molecule has 1 saturated heterocycles. The first-order valence-electron chi connectivity index (χ1n) is 11.2. The van der Waals surface area contributed by atoms with E-state index < -0.39 is 0 Å². The number of carbonyl (C=O) groups excluding carboxylic acids is 2. The van der Waals surface area contributed by atoms with Crippen molar-refractivity contribution in [2.24, 2.45) is 5.92 Å². The molecule has 1 aliphatic carbocycles. The van der Waals surface area contributed by atoms with Gasteiger partial charge in [0.05, 0.1) is 4.91 Å². The summed E-state index contributed by atoms with van der Waals surface area (Å²) in [6.07, 6.45) is 6.44. The van der Waals surface area contributed by atoms with E-state index in [9.17, 15) is 9.59 Å². The van der Waals surface area contributed by atoms with Gasteiger partial charge in [0.1, 0.15) is 0 Å². The van der Waals surface area contributed by atoms with Gasteiger partial charge in [0.2, 0.25) is 5.91 Å². The molecule has 2 aliphatic rings. The van der Waals surface area contributed by atoms with Gasteiger partial charge in [0.15, 0.2) is 0 Å². The fraction of sp³-hybridized carbons (Fsp3) is 0.385. The minimum Gasteiger partial charge on any atom is -0.356 e. The molecule has 4 rings (SSSR count). The molecule has 31 heavy (non-hydrogen) atoms. The predicted octanol–water partition coefficient (Wildman–Crippen LogP) is 4.49. The Morgan fingerprint density at radius 1 is 1.13 bits per heavy atom. The summed E-state index contributed by atoms with van der Waals surface area (Å²) < 4.78 is 0. The SMILES string of the molecule is Cc1ccc(/C=C2/SC3CCC(C(=O)NCCCc4ccccc4)CC3NC2=O)cc1. The number of carbonyl (C=O) groups is 2. The van der Waals surface area contributed by atoms with Crippen LogP contribution in [0.1, 0.15) is 42.4 Å². The zero-order valence-corrected chi connectivity index (χ0v) is 18.8. The molecule has 1 aliphatic heterocycles. The highest BCUT2D eigenvalue weighted by molar-refractivity contribution is 8.04. The standard InChI is InChI=1S/C26H30N2O2S/c1-18-9-11-20(12-10-18)16-24-26(30)28-22-17-21(13-14-23(22)31-24)25(29)27-15-5-8-19-6-3-2-4-7-19/h2-4,6-7,9-12,16,21-23H,5,8,13-15,17H2,1H3,(H,27,29)(H,28,30)/b24-16+. The van der Waals surface area contributed by atoms with Gasteiger partial charge in [0, 0.05) is 23.8 Å². The van der Waals surface area contributed by atoms with E-state index in [1.807, 2.05) is 36.4 Å². The Bertz CT molecular complexity index is 940. The summed E-state index contributed by atoms with van der Waals surface area (Å²) in [7, 11) is 0. The third kappa shape index (κ3) is 5.79. The number of aryl methyl sites for hydroxylation is 2. The van der Waals surface area contributed by atoms with Crippen molar-refractivity contribution in [3.05, 3.63) is 76.2 Å². The van der Waals surface area contributed by atoms with Crippen molar-refractivity contribution >= 4 is 29.7 Å². The molecule has 3 unspecified atom stereocenters. The number of thioether (sulfide) groups is 1. The van der Waals surface area contributed by atoms with Crippen LogP contribution in [-0.4, -0.2) is 29.7 Å². The Morgan fingerprint density at radius 3 is 2.68 bits per heavy atom. The molecule has 1 heterocycles. The molecule has 2 aromatic carbocycles. The first kappa shape index (κ1) is 21.7. The zero-order valence-electron chi connectivity index (χ0n) is 18.0. The lowest BCUT2D eigenvalue weighted by atomic mass is 9.84. The van der Waals surface area contributed by atoms with Crippen LogP contribution in [0.4, 0.5) is 0 Å². The van der Waals surface area contributed by atoms with E-state index in [0.717, 1.165) is 42.6 Å². The van der Waals surface area contributed by atoms with Gasteiger partial charge in [-0.15, -0.1) is 11.8 Å². The van der Waals surface area contributed by atoms with Crippen LogP contribution in [0, 0.1) is 12.8 Å². The van der Waals surface area contributed by atoms with Crippen LogP contribution in [-0.2, 0) is 16.0 Å². The predicted molar refractivity (Wildman–Crippen MR) is 128 cm³/mol. The maximum atomic E-state index is 12.7. The molecule has 0 spiro atoms. The van der Waals surface area contributed by atoms with Crippen LogP contribution < -0.4 is 10.6 Å². The molecular formula is C26H30N2O2S. The number of hydrogen-bond donors (Lipinski definition) is 2. The molecule has 1 saturated carbocycles. The first-order chi connectivity index (χ1) is 15.1. The highest BCUT2D eigenvalue weighted by atomic mass is 32.2. The fourth-order valence-corrected chi connectivity index (χ4v) is 5.63. The summed E-state index contributed by atoms with van der Waals surface area (Å²) in [6, 6.07) is 18.6. The van der Waals surface area contributed by atoms with Gasteiger partial charge in [0.25, 0.3) is 5.91 Å². The molecule has 2 N–H and O–H groups in total. The van der Waals surface area contributed by atoms with E-state index in [1.165, 1.54) is 11.1 Å². The summed E-state index contributed by atoms with van der Waals surface area (Å²) in [4.78, 5) is 26.1. The van der Waals surface area contributed by atoms with Crippen LogP contribution in [0.25, 0.3) is 6.08 Å². The van der Waals surface area contributed by atoms with Crippen LogP contribution in [0.15, 0.2) is 59.5 Å². The van der Waals surface area contributed by atoms with Crippen LogP contribution in [0.5, 0.6) is 0 Å². The molecule has 0 bridgehead atoms. The Balaban J connectivity index is 1.26. The Morgan fingerprint density at radius 2 is 1.90 bits per heavy atom. The average Bonchev–Trinajstić information content (AvgIpc) is 2.79. The van der Waals surface area contributed by atoms with Crippen molar-refractivity contribution in [1.29, 1.82) is 0 Å². The third-order valence-electron chi connectivity index (χ3n) is 6.14. The summed E-state index contributed by atoms with van der Waals surface area (Å²) in [6.45, 7) is 2.75. The fourth-order valence-electron chi connectivity index (χ4n) is 4.34. The molecule has 0 aromatic heterocycles. The summed E-state index contributed by atoms with van der Waals surface area (Å²) in [5.41, 5.74) is 3.55.